The van der Waals surface area contributed by atoms with Crippen LogP contribution in [0, 0.1) is 11.7 Å². The van der Waals surface area contributed by atoms with Crippen LogP contribution in [-0.4, -0.2) is 32.9 Å². The Bertz CT molecular complexity index is 1020. The van der Waals surface area contributed by atoms with E-state index in [0.29, 0.717) is 10.8 Å². The van der Waals surface area contributed by atoms with E-state index >= 15 is 0 Å². The first-order chi connectivity index (χ1) is 13.8. The van der Waals surface area contributed by atoms with Crippen LogP contribution in [-0.2, 0) is 16.7 Å². The molecule has 0 atom stereocenters. The number of halogens is 1. The zero-order valence-electron chi connectivity index (χ0n) is 17.0. The molecule has 3 aromatic rings. The van der Waals surface area contributed by atoms with Crippen molar-refractivity contribution in [2.75, 3.05) is 13.2 Å². The summed E-state index contributed by atoms with van der Waals surface area (Å²) in [6, 6.07) is 7.39. The van der Waals surface area contributed by atoms with Gasteiger partial charge in [-0.15, -0.1) is 0 Å². The maximum Gasteiger partial charge on any atom is 0.212 e. The zero-order chi connectivity index (χ0) is 20.6. The molecule has 2 aromatic heterocycles. The first kappa shape index (κ1) is 20.2. The second-order valence-electron chi connectivity index (χ2n) is 8.58. The third-order valence-electron chi connectivity index (χ3n) is 5.21. The Morgan fingerprint density at radius 3 is 2.72 bits per heavy atom. The highest BCUT2D eigenvalue weighted by atomic mass is 32.2. The van der Waals surface area contributed by atoms with Crippen molar-refractivity contribution in [3.8, 4) is 5.88 Å². The Morgan fingerprint density at radius 2 is 2.00 bits per heavy atom. The second-order valence-corrected chi connectivity index (χ2v) is 9.69. The number of ether oxygens (including phenoxy) is 1. The number of hydrogen-bond acceptors (Lipinski definition) is 5. The zero-order valence-corrected chi connectivity index (χ0v) is 17.8. The van der Waals surface area contributed by atoms with Crippen LogP contribution in [0.15, 0.2) is 40.3 Å². The van der Waals surface area contributed by atoms with Gasteiger partial charge in [0.25, 0.3) is 0 Å². The number of fused-ring (bicyclic) bond motifs is 1. The predicted molar refractivity (Wildman–Crippen MR) is 112 cm³/mol. The van der Waals surface area contributed by atoms with Gasteiger partial charge in [0.2, 0.25) is 5.88 Å². The number of benzene rings is 1. The smallest absolute Gasteiger partial charge is 0.212 e. The number of imidazole rings is 1. The Hall–Kier alpha value is -2.12. The third-order valence-corrected chi connectivity index (χ3v) is 6.23. The summed E-state index contributed by atoms with van der Waals surface area (Å²) in [5, 5.41) is 9.56. The van der Waals surface area contributed by atoms with Gasteiger partial charge in [0.15, 0.2) is 5.82 Å². The Balaban J connectivity index is 1.70. The fourth-order valence-corrected chi connectivity index (χ4v) is 4.61. The summed E-state index contributed by atoms with van der Waals surface area (Å²) in [5.74, 6) is 1.01. The number of aromatic nitrogens is 3. The topological polar surface area (TPSA) is 60.2 Å². The van der Waals surface area contributed by atoms with Crippen LogP contribution >= 0.6 is 11.8 Å². The average molecular weight is 416 g/mol. The summed E-state index contributed by atoms with van der Waals surface area (Å²) < 4.78 is 21.9. The third kappa shape index (κ3) is 4.41. The van der Waals surface area contributed by atoms with E-state index in [4.69, 9.17) is 9.72 Å². The first-order valence-electron chi connectivity index (χ1n) is 9.92. The molecule has 0 saturated carbocycles. The molecule has 7 heteroatoms. The lowest BCUT2D eigenvalue weighted by Gasteiger charge is -2.26. The summed E-state index contributed by atoms with van der Waals surface area (Å²) in [4.78, 5) is 9.74. The number of hydrogen-bond donors (Lipinski definition) is 1. The summed E-state index contributed by atoms with van der Waals surface area (Å²) in [6.07, 6.45) is 3.18. The second kappa shape index (κ2) is 7.95. The predicted octanol–water partition coefficient (Wildman–Crippen LogP) is 5.15. The van der Waals surface area contributed by atoms with Gasteiger partial charge in [0.05, 0.1) is 22.1 Å². The maximum atomic E-state index is 14.0. The SMILES string of the molecule is CC(C)(C)c1nc2cc(Sc3cc(O)ncc3F)ccc2n1CC1CCOCC1. The van der Waals surface area contributed by atoms with Crippen LogP contribution < -0.4 is 0 Å². The lowest BCUT2D eigenvalue weighted by Crippen LogP contribution is -2.25. The molecule has 1 N–H and O–H groups in total. The fourth-order valence-electron chi connectivity index (χ4n) is 3.73. The molecule has 1 fully saturated rings. The number of nitrogens with zero attached hydrogens (tertiary/aromatic N) is 3. The minimum atomic E-state index is -0.451. The summed E-state index contributed by atoms with van der Waals surface area (Å²) in [5.41, 5.74) is 1.93. The van der Waals surface area contributed by atoms with Crippen molar-refractivity contribution in [1.29, 1.82) is 0 Å². The van der Waals surface area contributed by atoms with Crippen LogP contribution in [0.25, 0.3) is 11.0 Å². The highest BCUT2D eigenvalue weighted by Crippen LogP contribution is 2.35. The molecule has 1 aromatic carbocycles. The van der Waals surface area contributed by atoms with Gasteiger partial charge < -0.3 is 14.4 Å². The highest BCUT2D eigenvalue weighted by Gasteiger charge is 2.25. The number of aromatic hydroxyl groups is 1. The van der Waals surface area contributed by atoms with Gasteiger partial charge in [-0.25, -0.2) is 14.4 Å². The molecule has 1 aliphatic rings. The molecular formula is C22H26FN3O2S. The molecule has 0 bridgehead atoms. The quantitative estimate of drug-likeness (QED) is 0.638. The molecule has 1 aliphatic heterocycles. The normalized spacial score (nSPS) is 15.9. The lowest BCUT2D eigenvalue weighted by atomic mass is 9.94. The van der Waals surface area contributed by atoms with Crippen molar-refractivity contribution >= 4 is 22.8 Å². The standard InChI is InChI=1S/C22H26FN3O2S/c1-22(2,3)21-25-17-10-15(29-19-11-20(27)24-12-16(19)23)4-5-18(17)26(21)13-14-6-8-28-9-7-14/h4-5,10-12,14H,6-9,13H2,1-3H3,(H,24,27). The van der Waals surface area contributed by atoms with Crippen molar-refractivity contribution in [3.63, 3.8) is 0 Å². The monoisotopic (exact) mass is 415 g/mol. The summed E-state index contributed by atoms with van der Waals surface area (Å²) in [7, 11) is 0. The van der Waals surface area contributed by atoms with Crippen LogP contribution in [0.1, 0.15) is 39.4 Å². The van der Waals surface area contributed by atoms with E-state index < -0.39 is 5.82 Å². The van der Waals surface area contributed by atoms with Crippen LogP contribution in [0.5, 0.6) is 5.88 Å². The Morgan fingerprint density at radius 1 is 1.24 bits per heavy atom. The molecule has 0 amide bonds. The number of rotatable bonds is 4. The molecular weight excluding hydrogens is 389 g/mol. The molecule has 0 unspecified atom stereocenters. The van der Waals surface area contributed by atoms with E-state index in [-0.39, 0.29) is 11.3 Å². The van der Waals surface area contributed by atoms with E-state index in [1.807, 2.05) is 12.1 Å². The van der Waals surface area contributed by atoms with Gasteiger partial charge in [-0.3, -0.25) is 0 Å². The summed E-state index contributed by atoms with van der Waals surface area (Å²) in [6.45, 7) is 9.13. The van der Waals surface area contributed by atoms with Crippen molar-refractivity contribution < 1.29 is 14.2 Å². The van der Waals surface area contributed by atoms with Crippen molar-refractivity contribution in [1.82, 2.24) is 14.5 Å². The molecule has 4 rings (SSSR count). The van der Waals surface area contributed by atoms with E-state index in [0.717, 1.165) is 60.6 Å². The molecule has 154 valence electrons. The van der Waals surface area contributed by atoms with E-state index in [2.05, 4.69) is 36.4 Å². The molecule has 5 nitrogen and oxygen atoms in total. The highest BCUT2D eigenvalue weighted by molar-refractivity contribution is 7.99. The largest absolute Gasteiger partial charge is 0.493 e. The van der Waals surface area contributed by atoms with Gasteiger partial charge in [0.1, 0.15) is 5.82 Å². The van der Waals surface area contributed by atoms with Crippen LogP contribution in [0.2, 0.25) is 0 Å². The van der Waals surface area contributed by atoms with E-state index in [1.54, 1.807) is 0 Å². The summed E-state index contributed by atoms with van der Waals surface area (Å²) >= 11 is 1.26. The van der Waals surface area contributed by atoms with E-state index in [9.17, 15) is 9.50 Å². The van der Waals surface area contributed by atoms with Crippen molar-refractivity contribution in [2.24, 2.45) is 5.92 Å². The Kier molecular flexibility index (Phi) is 5.53. The van der Waals surface area contributed by atoms with Gasteiger partial charge in [-0.2, -0.15) is 0 Å². The Labute approximate surface area is 174 Å². The molecule has 0 spiro atoms. The van der Waals surface area contributed by atoms with Crippen molar-refractivity contribution in [3.05, 3.63) is 42.1 Å². The molecule has 29 heavy (non-hydrogen) atoms. The number of pyridine rings is 1. The van der Waals surface area contributed by atoms with Gasteiger partial charge in [-0.1, -0.05) is 32.5 Å². The average Bonchev–Trinajstić information content (AvgIpc) is 3.04. The van der Waals surface area contributed by atoms with Gasteiger partial charge in [-0.05, 0) is 37.0 Å². The first-order valence-corrected chi connectivity index (χ1v) is 10.7. The minimum Gasteiger partial charge on any atom is -0.493 e. The van der Waals surface area contributed by atoms with E-state index in [1.165, 1.54) is 17.8 Å². The van der Waals surface area contributed by atoms with Crippen LogP contribution in [0.4, 0.5) is 4.39 Å². The van der Waals surface area contributed by atoms with Gasteiger partial charge >= 0.3 is 0 Å². The molecule has 1 saturated heterocycles. The van der Waals surface area contributed by atoms with Crippen LogP contribution in [0.3, 0.4) is 0 Å². The maximum absolute atomic E-state index is 14.0. The van der Waals surface area contributed by atoms with Gasteiger partial charge in [0, 0.05) is 36.1 Å². The molecule has 3 heterocycles. The molecule has 0 aliphatic carbocycles. The van der Waals surface area contributed by atoms with Crippen molar-refractivity contribution in [2.45, 2.75) is 55.4 Å². The fraction of sp³-hybridized carbons (Fsp3) is 0.455. The lowest BCUT2D eigenvalue weighted by molar-refractivity contribution is 0.0611. The minimum absolute atomic E-state index is 0.0828. The molecule has 0 radical (unpaired) electrons.